The van der Waals surface area contributed by atoms with Crippen LogP contribution < -0.4 is 10.2 Å². The average molecular weight is 477 g/mol. The lowest BCUT2D eigenvalue weighted by Crippen LogP contribution is -2.24. The van der Waals surface area contributed by atoms with Gasteiger partial charge in [0.2, 0.25) is 0 Å². The number of phenolic OH excluding ortho intramolecular Hbond substituents is 1. The molecule has 0 fully saturated rings. The number of nitrogens with one attached hydrogen (secondary N) is 1. The van der Waals surface area contributed by atoms with E-state index < -0.39 is 5.91 Å². The van der Waals surface area contributed by atoms with Crippen LogP contribution in [0.4, 0.5) is 0 Å². The van der Waals surface area contributed by atoms with Crippen LogP contribution in [-0.4, -0.2) is 23.8 Å². The summed E-state index contributed by atoms with van der Waals surface area (Å²) < 4.78 is 6.64. The predicted molar refractivity (Wildman–Crippen MR) is 101 cm³/mol. The first kappa shape index (κ1) is 18.8. The molecule has 0 saturated heterocycles. The molecule has 0 aromatic heterocycles. The highest BCUT2D eigenvalue weighted by atomic mass is 79.9. The SMILES string of the molecule is Cc1cc(OCC(=O)NN=Cc2cc(Br)cc(Br)c2O)ccc1Cl. The molecule has 0 heterocycles. The largest absolute Gasteiger partial charge is 0.506 e. The van der Waals surface area contributed by atoms with Gasteiger partial charge in [-0.05, 0) is 58.7 Å². The van der Waals surface area contributed by atoms with Gasteiger partial charge < -0.3 is 9.84 Å². The molecule has 1 amide bonds. The zero-order valence-corrected chi connectivity index (χ0v) is 16.4. The van der Waals surface area contributed by atoms with E-state index in [9.17, 15) is 9.90 Å². The molecule has 126 valence electrons. The minimum atomic E-state index is -0.424. The highest BCUT2D eigenvalue weighted by Crippen LogP contribution is 2.30. The Hall–Kier alpha value is -1.57. The third-order valence-electron chi connectivity index (χ3n) is 2.95. The Balaban J connectivity index is 1.90. The summed E-state index contributed by atoms with van der Waals surface area (Å²) in [4.78, 5) is 11.7. The number of hydrogen-bond donors (Lipinski definition) is 2. The Labute approximate surface area is 160 Å². The van der Waals surface area contributed by atoms with E-state index in [1.165, 1.54) is 6.21 Å². The number of ether oxygens (including phenoxy) is 1. The number of carbonyl (C=O) groups excluding carboxylic acids is 1. The molecule has 0 aliphatic heterocycles. The second kappa shape index (κ2) is 8.50. The standard InChI is InChI=1S/C16H13Br2ClN2O3/c1-9-4-12(2-3-14(9)19)24-8-15(22)21-20-7-10-5-11(17)6-13(18)16(10)23/h2-7,23H,8H2,1H3,(H,21,22). The molecule has 0 spiro atoms. The molecule has 2 rings (SSSR count). The van der Waals surface area contributed by atoms with Crippen molar-refractivity contribution in [2.75, 3.05) is 6.61 Å². The number of aryl methyl sites for hydroxylation is 1. The summed E-state index contributed by atoms with van der Waals surface area (Å²) in [7, 11) is 0. The molecule has 24 heavy (non-hydrogen) atoms. The molecule has 0 aliphatic rings. The first-order valence-electron chi connectivity index (χ1n) is 6.75. The van der Waals surface area contributed by atoms with Crippen LogP contribution in [0.1, 0.15) is 11.1 Å². The average Bonchev–Trinajstić information content (AvgIpc) is 2.53. The van der Waals surface area contributed by atoms with Crippen molar-refractivity contribution in [2.24, 2.45) is 5.10 Å². The third-order valence-corrected chi connectivity index (χ3v) is 4.44. The number of amides is 1. The maximum atomic E-state index is 11.7. The number of carbonyl (C=O) groups is 1. The van der Waals surface area contributed by atoms with E-state index in [4.69, 9.17) is 16.3 Å². The normalized spacial score (nSPS) is 10.8. The Bertz CT molecular complexity index is 797. The van der Waals surface area contributed by atoms with Crippen molar-refractivity contribution in [1.82, 2.24) is 5.43 Å². The molecule has 5 nitrogen and oxygen atoms in total. The van der Waals surface area contributed by atoms with Crippen molar-refractivity contribution in [3.05, 3.63) is 55.4 Å². The van der Waals surface area contributed by atoms with Gasteiger partial charge >= 0.3 is 0 Å². The van der Waals surface area contributed by atoms with Gasteiger partial charge in [-0.1, -0.05) is 27.5 Å². The van der Waals surface area contributed by atoms with Gasteiger partial charge in [-0.25, -0.2) is 5.43 Å². The summed E-state index contributed by atoms with van der Waals surface area (Å²) in [5.74, 6) is 0.154. The number of hydrazone groups is 1. The number of rotatable bonds is 5. The quantitative estimate of drug-likeness (QED) is 0.496. The van der Waals surface area contributed by atoms with Crippen LogP contribution in [0.5, 0.6) is 11.5 Å². The molecule has 0 saturated carbocycles. The van der Waals surface area contributed by atoms with Gasteiger partial charge in [0.05, 0.1) is 10.7 Å². The predicted octanol–water partition coefficient (Wildman–Crippen LogP) is 4.41. The Morgan fingerprint density at radius 3 is 2.83 bits per heavy atom. The molecule has 0 aliphatic carbocycles. The van der Waals surface area contributed by atoms with Crippen LogP contribution in [0.25, 0.3) is 0 Å². The number of hydrogen-bond acceptors (Lipinski definition) is 4. The van der Waals surface area contributed by atoms with E-state index in [-0.39, 0.29) is 12.4 Å². The number of halogens is 3. The van der Waals surface area contributed by atoms with Gasteiger partial charge in [0.1, 0.15) is 11.5 Å². The van der Waals surface area contributed by atoms with Gasteiger partial charge in [-0.3, -0.25) is 4.79 Å². The second-order valence-electron chi connectivity index (χ2n) is 4.82. The van der Waals surface area contributed by atoms with Crippen molar-refractivity contribution in [3.63, 3.8) is 0 Å². The fourth-order valence-electron chi connectivity index (χ4n) is 1.75. The van der Waals surface area contributed by atoms with Crippen molar-refractivity contribution in [1.29, 1.82) is 0 Å². The number of phenols is 1. The highest BCUT2D eigenvalue weighted by Gasteiger charge is 2.06. The number of benzene rings is 2. The van der Waals surface area contributed by atoms with Crippen molar-refractivity contribution in [2.45, 2.75) is 6.92 Å². The molecule has 0 atom stereocenters. The maximum absolute atomic E-state index is 11.7. The van der Waals surface area contributed by atoms with Gasteiger partial charge in [0.25, 0.3) is 5.91 Å². The molecule has 0 radical (unpaired) electrons. The topological polar surface area (TPSA) is 70.9 Å². The Morgan fingerprint density at radius 2 is 2.12 bits per heavy atom. The lowest BCUT2D eigenvalue weighted by Gasteiger charge is -2.07. The summed E-state index contributed by atoms with van der Waals surface area (Å²) in [6.45, 7) is 1.66. The van der Waals surface area contributed by atoms with E-state index >= 15 is 0 Å². The smallest absolute Gasteiger partial charge is 0.277 e. The lowest BCUT2D eigenvalue weighted by molar-refractivity contribution is -0.123. The summed E-state index contributed by atoms with van der Waals surface area (Å²) in [5.41, 5.74) is 3.65. The number of aromatic hydroxyl groups is 1. The van der Waals surface area contributed by atoms with E-state index in [2.05, 4.69) is 42.4 Å². The summed E-state index contributed by atoms with van der Waals surface area (Å²) in [5, 5.41) is 14.3. The lowest BCUT2D eigenvalue weighted by atomic mass is 10.2. The van der Waals surface area contributed by atoms with E-state index in [1.54, 1.807) is 30.3 Å². The fraction of sp³-hybridized carbons (Fsp3) is 0.125. The molecular formula is C16H13Br2ClN2O3. The summed E-state index contributed by atoms with van der Waals surface area (Å²) >= 11 is 12.5. The van der Waals surface area contributed by atoms with E-state index in [0.29, 0.717) is 20.8 Å². The zero-order valence-electron chi connectivity index (χ0n) is 12.5. The van der Waals surface area contributed by atoms with Crippen LogP contribution in [0, 0.1) is 6.92 Å². The maximum Gasteiger partial charge on any atom is 0.277 e. The molecule has 2 aromatic carbocycles. The van der Waals surface area contributed by atoms with Crippen molar-refractivity contribution < 1.29 is 14.6 Å². The first-order chi connectivity index (χ1) is 11.4. The molecule has 2 aromatic rings. The molecular weight excluding hydrogens is 463 g/mol. The summed E-state index contributed by atoms with van der Waals surface area (Å²) in [6.07, 6.45) is 1.34. The monoisotopic (exact) mass is 474 g/mol. The van der Waals surface area contributed by atoms with E-state index in [0.717, 1.165) is 10.0 Å². The molecule has 0 unspecified atom stereocenters. The van der Waals surface area contributed by atoms with Crippen molar-refractivity contribution >= 4 is 55.6 Å². The molecule has 0 bridgehead atoms. The van der Waals surface area contributed by atoms with Crippen LogP contribution >= 0.6 is 43.5 Å². The second-order valence-corrected chi connectivity index (χ2v) is 7.00. The zero-order chi connectivity index (χ0) is 17.7. The van der Waals surface area contributed by atoms with E-state index in [1.807, 2.05) is 6.92 Å². The van der Waals surface area contributed by atoms with Gasteiger partial charge in [-0.2, -0.15) is 5.10 Å². The van der Waals surface area contributed by atoms with Gasteiger partial charge in [-0.15, -0.1) is 0 Å². The highest BCUT2D eigenvalue weighted by molar-refractivity contribution is 9.11. The Kier molecular flexibility index (Phi) is 6.65. The summed E-state index contributed by atoms with van der Waals surface area (Å²) in [6, 6.07) is 8.50. The fourth-order valence-corrected chi connectivity index (χ4v) is 3.12. The van der Waals surface area contributed by atoms with Gasteiger partial charge in [0.15, 0.2) is 6.61 Å². The Morgan fingerprint density at radius 1 is 1.38 bits per heavy atom. The number of nitrogens with zero attached hydrogens (tertiary/aromatic N) is 1. The van der Waals surface area contributed by atoms with Crippen molar-refractivity contribution in [3.8, 4) is 11.5 Å². The minimum absolute atomic E-state index is 0.0316. The van der Waals surface area contributed by atoms with Crippen LogP contribution in [0.3, 0.4) is 0 Å². The van der Waals surface area contributed by atoms with Crippen LogP contribution in [0.2, 0.25) is 5.02 Å². The molecule has 2 N–H and O–H groups in total. The minimum Gasteiger partial charge on any atom is -0.506 e. The molecule has 8 heteroatoms. The van der Waals surface area contributed by atoms with Crippen LogP contribution in [0.15, 0.2) is 44.4 Å². The van der Waals surface area contributed by atoms with Gasteiger partial charge in [0, 0.05) is 15.1 Å². The van der Waals surface area contributed by atoms with Crippen LogP contribution in [-0.2, 0) is 4.79 Å². The first-order valence-corrected chi connectivity index (χ1v) is 8.72. The third kappa shape index (κ3) is 5.22.